The first-order chi connectivity index (χ1) is 5.73. The van der Waals surface area contributed by atoms with Crippen molar-refractivity contribution >= 4 is 17.6 Å². The molecule has 0 aromatic carbocycles. The summed E-state index contributed by atoms with van der Waals surface area (Å²) in [4.78, 5) is 10.2. The molecule has 2 nitrogen and oxygen atoms in total. The SMILES string of the molecule is C#CC(O)(CC=O)c1ccsc1. The molecular weight excluding hydrogens is 172 g/mol. The van der Waals surface area contributed by atoms with Gasteiger partial charge in [0.25, 0.3) is 0 Å². The van der Waals surface area contributed by atoms with Crippen LogP contribution in [-0.4, -0.2) is 11.4 Å². The molecule has 0 aliphatic rings. The Kier molecular flexibility index (Phi) is 2.64. The third-order valence-electron chi connectivity index (χ3n) is 1.62. The van der Waals surface area contributed by atoms with E-state index in [9.17, 15) is 9.90 Å². The number of terminal acetylenes is 1. The maximum atomic E-state index is 10.2. The first-order valence-electron chi connectivity index (χ1n) is 3.39. The molecule has 0 fully saturated rings. The Morgan fingerprint density at radius 1 is 1.83 bits per heavy atom. The number of carbonyl (C=O) groups excluding carboxylic acids is 1. The molecule has 0 aliphatic carbocycles. The first-order valence-corrected chi connectivity index (χ1v) is 4.33. The summed E-state index contributed by atoms with van der Waals surface area (Å²) in [6.45, 7) is 0. The second kappa shape index (κ2) is 3.53. The minimum absolute atomic E-state index is 0.0553. The van der Waals surface area contributed by atoms with Gasteiger partial charge in [-0.15, -0.1) is 6.42 Å². The highest BCUT2D eigenvalue weighted by atomic mass is 32.1. The normalized spacial score (nSPS) is 14.7. The molecule has 0 saturated carbocycles. The molecule has 1 atom stereocenters. The van der Waals surface area contributed by atoms with E-state index >= 15 is 0 Å². The van der Waals surface area contributed by atoms with Gasteiger partial charge in [-0.1, -0.05) is 5.92 Å². The van der Waals surface area contributed by atoms with Gasteiger partial charge in [0.05, 0.1) is 0 Å². The van der Waals surface area contributed by atoms with Crippen LogP contribution in [0.5, 0.6) is 0 Å². The summed E-state index contributed by atoms with van der Waals surface area (Å²) in [5, 5.41) is 13.3. The van der Waals surface area contributed by atoms with Crippen molar-refractivity contribution in [1.29, 1.82) is 0 Å². The molecule has 1 aromatic heterocycles. The molecule has 12 heavy (non-hydrogen) atoms. The van der Waals surface area contributed by atoms with Crippen molar-refractivity contribution in [2.45, 2.75) is 12.0 Å². The van der Waals surface area contributed by atoms with E-state index in [1.54, 1.807) is 11.4 Å². The number of aldehydes is 1. The van der Waals surface area contributed by atoms with Gasteiger partial charge in [0, 0.05) is 12.0 Å². The van der Waals surface area contributed by atoms with Crippen LogP contribution in [0.3, 0.4) is 0 Å². The highest BCUT2D eigenvalue weighted by Crippen LogP contribution is 2.24. The van der Waals surface area contributed by atoms with E-state index in [0.29, 0.717) is 11.8 Å². The van der Waals surface area contributed by atoms with E-state index in [4.69, 9.17) is 6.42 Å². The number of aliphatic hydroxyl groups is 1. The number of rotatable bonds is 3. The lowest BCUT2D eigenvalue weighted by atomic mass is 9.95. The lowest BCUT2D eigenvalue weighted by Gasteiger charge is -2.17. The van der Waals surface area contributed by atoms with E-state index in [2.05, 4.69) is 5.92 Å². The molecule has 0 saturated heterocycles. The van der Waals surface area contributed by atoms with Crippen LogP contribution in [0.2, 0.25) is 0 Å². The minimum atomic E-state index is -1.41. The van der Waals surface area contributed by atoms with Gasteiger partial charge in [0.1, 0.15) is 6.29 Å². The summed E-state index contributed by atoms with van der Waals surface area (Å²) in [7, 11) is 0. The second-order valence-electron chi connectivity index (χ2n) is 2.39. The van der Waals surface area contributed by atoms with Gasteiger partial charge in [0.15, 0.2) is 5.60 Å². The fourth-order valence-corrected chi connectivity index (χ4v) is 1.60. The Morgan fingerprint density at radius 3 is 3.00 bits per heavy atom. The number of hydrogen-bond donors (Lipinski definition) is 1. The number of thiophene rings is 1. The summed E-state index contributed by atoms with van der Waals surface area (Å²) in [6, 6.07) is 1.72. The third-order valence-corrected chi connectivity index (χ3v) is 2.30. The zero-order chi connectivity index (χ0) is 9.03. The topological polar surface area (TPSA) is 37.3 Å². The molecule has 0 bridgehead atoms. The quantitative estimate of drug-likeness (QED) is 0.560. The third kappa shape index (κ3) is 1.55. The second-order valence-corrected chi connectivity index (χ2v) is 3.17. The predicted octanol–water partition coefficient (Wildman–Crippen LogP) is 1.16. The standard InChI is InChI=1S/C9H8O2S/c1-2-9(11,4-5-10)8-3-6-12-7-8/h1,3,5-7,11H,4H2. The van der Waals surface area contributed by atoms with Crippen LogP contribution in [0.25, 0.3) is 0 Å². The monoisotopic (exact) mass is 180 g/mol. The minimum Gasteiger partial charge on any atom is -0.373 e. The Bertz CT molecular complexity index is 297. The Balaban J connectivity index is 2.97. The molecule has 3 heteroatoms. The summed E-state index contributed by atoms with van der Waals surface area (Å²) in [6.07, 6.45) is 5.70. The van der Waals surface area contributed by atoms with Crippen LogP contribution in [0, 0.1) is 12.3 Å². The molecule has 1 heterocycles. The Labute approximate surface area is 74.9 Å². The van der Waals surface area contributed by atoms with E-state index in [-0.39, 0.29) is 6.42 Å². The molecule has 0 radical (unpaired) electrons. The van der Waals surface area contributed by atoms with Gasteiger partial charge in [-0.3, -0.25) is 0 Å². The van der Waals surface area contributed by atoms with Crippen LogP contribution in [0.15, 0.2) is 16.8 Å². The van der Waals surface area contributed by atoms with Gasteiger partial charge >= 0.3 is 0 Å². The number of carbonyl (C=O) groups is 1. The fourth-order valence-electron chi connectivity index (χ4n) is 0.881. The predicted molar refractivity (Wildman–Crippen MR) is 47.7 cm³/mol. The zero-order valence-electron chi connectivity index (χ0n) is 6.36. The van der Waals surface area contributed by atoms with E-state index < -0.39 is 5.60 Å². The van der Waals surface area contributed by atoms with Crippen LogP contribution in [0.1, 0.15) is 12.0 Å². The van der Waals surface area contributed by atoms with Crippen molar-refractivity contribution in [1.82, 2.24) is 0 Å². The maximum Gasteiger partial charge on any atom is 0.158 e. The maximum absolute atomic E-state index is 10.2. The van der Waals surface area contributed by atoms with E-state index in [0.717, 1.165) is 0 Å². The molecule has 0 aliphatic heterocycles. The van der Waals surface area contributed by atoms with E-state index in [1.165, 1.54) is 11.3 Å². The molecule has 0 amide bonds. The highest BCUT2D eigenvalue weighted by molar-refractivity contribution is 7.08. The van der Waals surface area contributed by atoms with Crippen molar-refractivity contribution in [3.05, 3.63) is 22.4 Å². The molecule has 0 spiro atoms. The zero-order valence-corrected chi connectivity index (χ0v) is 7.17. The first kappa shape index (κ1) is 8.98. The van der Waals surface area contributed by atoms with Crippen LogP contribution in [-0.2, 0) is 10.4 Å². The number of hydrogen-bond acceptors (Lipinski definition) is 3. The highest BCUT2D eigenvalue weighted by Gasteiger charge is 2.26. The van der Waals surface area contributed by atoms with Gasteiger partial charge < -0.3 is 9.90 Å². The van der Waals surface area contributed by atoms with Gasteiger partial charge in [-0.25, -0.2) is 0 Å². The average molecular weight is 180 g/mol. The smallest absolute Gasteiger partial charge is 0.158 e. The van der Waals surface area contributed by atoms with Crippen molar-refractivity contribution < 1.29 is 9.90 Å². The summed E-state index contributed by atoms with van der Waals surface area (Å²) in [5.41, 5.74) is -0.802. The van der Waals surface area contributed by atoms with Gasteiger partial charge in [-0.05, 0) is 16.8 Å². The Hall–Kier alpha value is -1.11. The van der Waals surface area contributed by atoms with Crippen molar-refractivity contribution in [3.63, 3.8) is 0 Å². The molecule has 1 unspecified atom stereocenters. The molecule has 62 valence electrons. The van der Waals surface area contributed by atoms with Crippen LogP contribution >= 0.6 is 11.3 Å². The molecule has 1 rings (SSSR count). The van der Waals surface area contributed by atoms with Crippen molar-refractivity contribution in [3.8, 4) is 12.3 Å². The summed E-state index contributed by atoms with van der Waals surface area (Å²) >= 11 is 1.44. The van der Waals surface area contributed by atoms with Crippen LogP contribution in [0.4, 0.5) is 0 Å². The lowest BCUT2D eigenvalue weighted by molar-refractivity contribution is -0.110. The Morgan fingerprint density at radius 2 is 2.58 bits per heavy atom. The summed E-state index contributed by atoms with van der Waals surface area (Å²) in [5.74, 6) is 2.21. The lowest BCUT2D eigenvalue weighted by Crippen LogP contribution is -2.22. The van der Waals surface area contributed by atoms with Crippen LogP contribution < -0.4 is 0 Å². The average Bonchev–Trinajstić information content (AvgIpc) is 2.57. The van der Waals surface area contributed by atoms with E-state index in [1.807, 2.05) is 5.38 Å². The molecular formula is C9H8O2S. The molecule has 1 N–H and O–H groups in total. The van der Waals surface area contributed by atoms with Gasteiger partial charge in [-0.2, -0.15) is 11.3 Å². The molecule has 1 aromatic rings. The summed E-state index contributed by atoms with van der Waals surface area (Å²) < 4.78 is 0. The largest absolute Gasteiger partial charge is 0.373 e. The van der Waals surface area contributed by atoms with Crippen molar-refractivity contribution in [2.75, 3.05) is 0 Å². The fraction of sp³-hybridized carbons (Fsp3) is 0.222. The van der Waals surface area contributed by atoms with Gasteiger partial charge in [0.2, 0.25) is 0 Å². The van der Waals surface area contributed by atoms with Crippen molar-refractivity contribution in [2.24, 2.45) is 0 Å².